The van der Waals surface area contributed by atoms with Gasteiger partial charge in [0.05, 0.1) is 0 Å². The van der Waals surface area contributed by atoms with Gasteiger partial charge < -0.3 is 15.5 Å². The van der Waals surface area contributed by atoms with Crippen molar-refractivity contribution in [2.45, 2.75) is 19.8 Å². The largest absolute Gasteiger partial charge is 0.506 e. The van der Waals surface area contributed by atoms with Crippen LogP contribution in [0.5, 0.6) is 0 Å². The van der Waals surface area contributed by atoms with E-state index in [0.717, 1.165) is 4.47 Å². The fourth-order valence-corrected chi connectivity index (χ4v) is 3.09. The molecule has 0 bridgehead atoms. The topological polar surface area (TPSA) is 104 Å². The van der Waals surface area contributed by atoms with E-state index in [1.54, 1.807) is 26.0 Å². The van der Waals surface area contributed by atoms with Crippen LogP contribution in [0.3, 0.4) is 0 Å². The molecule has 1 amide bonds. The molecule has 0 spiro atoms. The number of nitrogens with one attached hydrogen (secondary N) is 1. The number of aliphatic hydroxyl groups excluding tert-OH is 1. The number of rotatable bonds is 3. The van der Waals surface area contributed by atoms with E-state index in [-0.39, 0.29) is 0 Å². The number of halogens is 1. The van der Waals surface area contributed by atoms with Crippen LogP contribution < -0.4 is 5.32 Å². The number of hydrogen-bond acceptors (Lipinski definition) is 4. The van der Waals surface area contributed by atoms with E-state index < -0.39 is 41.5 Å². The van der Waals surface area contributed by atoms with Gasteiger partial charge in [0.1, 0.15) is 17.9 Å². The van der Waals surface area contributed by atoms with Gasteiger partial charge in [-0.2, -0.15) is 0 Å². The SMILES string of the molecule is Cc1cc(Br)cc2c1C(O)=C(C(=O)NCC(=O)O)C(=O)C2C. The van der Waals surface area contributed by atoms with E-state index in [2.05, 4.69) is 21.2 Å². The summed E-state index contributed by atoms with van der Waals surface area (Å²) in [7, 11) is 0. The minimum atomic E-state index is -1.23. The average molecular weight is 368 g/mol. The van der Waals surface area contributed by atoms with Gasteiger partial charge in [-0.1, -0.05) is 22.9 Å². The number of ketones is 1. The lowest BCUT2D eigenvalue weighted by Crippen LogP contribution is -2.36. The molecule has 1 unspecified atom stereocenters. The number of carbonyl (C=O) groups excluding carboxylic acids is 2. The Morgan fingerprint density at radius 1 is 1.36 bits per heavy atom. The van der Waals surface area contributed by atoms with Crippen LogP contribution in [-0.4, -0.2) is 34.4 Å². The first kappa shape index (κ1) is 16.2. The van der Waals surface area contributed by atoms with Gasteiger partial charge in [0.15, 0.2) is 5.78 Å². The van der Waals surface area contributed by atoms with Gasteiger partial charge in [-0.05, 0) is 30.2 Å². The number of hydrogen-bond donors (Lipinski definition) is 3. The molecule has 0 fully saturated rings. The molecular formula is C15H14BrNO5. The highest BCUT2D eigenvalue weighted by Gasteiger charge is 2.36. The smallest absolute Gasteiger partial charge is 0.322 e. The lowest BCUT2D eigenvalue weighted by atomic mass is 9.80. The zero-order chi connectivity index (χ0) is 16.6. The van der Waals surface area contributed by atoms with Crippen molar-refractivity contribution in [1.82, 2.24) is 5.32 Å². The van der Waals surface area contributed by atoms with Gasteiger partial charge in [0.2, 0.25) is 0 Å². The molecule has 1 aromatic rings. The van der Waals surface area contributed by atoms with Crippen molar-refractivity contribution in [1.29, 1.82) is 0 Å². The molecule has 0 aromatic heterocycles. The standard InChI is InChI=1S/C15H14BrNO5/c1-6-3-8(16)4-9-7(2)13(20)12(14(21)11(6)9)15(22)17-5-10(18)19/h3-4,7,21H,5H2,1-2H3,(H,17,22)(H,18,19). The summed E-state index contributed by atoms with van der Waals surface area (Å²) in [6, 6.07) is 3.50. The van der Waals surface area contributed by atoms with Gasteiger partial charge in [-0.3, -0.25) is 14.4 Å². The summed E-state index contributed by atoms with van der Waals surface area (Å²) in [6.07, 6.45) is 0. The summed E-state index contributed by atoms with van der Waals surface area (Å²) in [5.41, 5.74) is 1.39. The van der Waals surface area contributed by atoms with Crippen molar-refractivity contribution < 1.29 is 24.6 Å². The second-order valence-corrected chi connectivity index (χ2v) is 5.99. The van der Waals surface area contributed by atoms with E-state index in [1.165, 1.54) is 0 Å². The molecule has 0 radical (unpaired) electrons. The maximum Gasteiger partial charge on any atom is 0.322 e. The van der Waals surface area contributed by atoms with E-state index in [1.807, 2.05) is 0 Å². The van der Waals surface area contributed by atoms with Crippen LogP contribution in [-0.2, 0) is 14.4 Å². The molecular weight excluding hydrogens is 354 g/mol. The minimum absolute atomic E-state index is 0.397. The Balaban J connectivity index is 2.56. The summed E-state index contributed by atoms with van der Waals surface area (Å²) < 4.78 is 0.773. The quantitative estimate of drug-likeness (QED) is 0.708. The summed E-state index contributed by atoms with van der Waals surface area (Å²) in [5, 5.41) is 21.1. The molecule has 0 saturated heterocycles. The van der Waals surface area contributed by atoms with Crippen molar-refractivity contribution in [2.75, 3.05) is 6.54 Å². The van der Waals surface area contributed by atoms with Crippen molar-refractivity contribution in [3.05, 3.63) is 38.9 Å². The Morgan fingerprint density at radius 3 is 2.59 bits per heavy atom. The van der Waals surface area contributed by atoms with Crippen LogP contribution >= 0.6 is 15.9 Å². The van der Waals surface area contributed by atoms with Gasteiger partial charge in [-0.15, -0.1) is 0 Å². The first-order chi connectivity index (χ1) is 10.2. The van der Waals surface area contributed by atoms with Crippen molar-refractivity contribution >= 4 is 39.3 Å². The number of carboxylic acid groups (broad SMARTS) is 1. The number of aliphatic carboxylic acids is 1. The normalized spacial score (nSPS) is 17.2. The molecule has 0 saturated carbocycles. The molecule has 1 aliphatic rings. The molecule has 22 heavy (non-hydrogen) atoms. The van der Waals surface area contributed by atoms with Gasteiger partial charge >= 0.3 is 5.97 Å². The fourth-order valence-electron chi connectivity index (χ4n) is 2.50. The van der Waals surface area contributed by atoms with Gasteiger partial charge in [0, 0.05) is 16.0 Å². The van der Waals surface area contributed by atoms with Crippen molar-refractivity contribution in [3.8, 4) is 0 Å². The van der Waals surface area contributed by atoms with Crippen LogP contribution in [0.2, 0.25) is 0 Å². The lowest BCUT2D eigenvalue weighted by molar-refractivity contribution is -0.137. The molecule has 6 nitrogen and oxygen atoms in total. The summed E-state index contributed by atoms with van der Waals surface area (Å²) >= 11 is 3.34. The number of Topliss-reactive ketones (excluding diaryl/α,β-unsaturated/α-hetero) is 1. The highest BCUT2D eigenvalue weighted by molar-refractivity contribution is 9.10. The Kier molecular flexibility index (Phi) is 4.37. The molecule has 116 valence electrons. The van der Waals surface area contributed by atoms with Crippen molar-refractivity contribution in [2.24, 2.45) is 0 Å². The van der Waals surface area contributed by atoms with Crippen molar-refractivity contribution in [3.63, 3.8) is 0 Å². The maximum atomic E-state index is 12.4. The van der Waals surface area contributed by atoms with Crippen LogP contribution in [0.15, 0.2) is 22.2 Å². The zero-order valence-corrected chi connectivity index (χ0v) is 13.5. The van der Waals surface area contributed by atoms with E-state index in [0.29, 0.717) is 16.7 Å². The second-order valence-electron chi connectivity index (χ2n) is 5.07. The summed E-state index contributed by atoms with van der Waals surface area (Å²) in [5.74, 6) is -3.67. The van der Waals surface area contributed by atoms with Crippen LogP contribution in [0.25, 0.3) is 5.76 Å². The predicted octanol–water partition coefficient (Wildman–Crippen LogP) is 1.91. The first-order valence-corrected chi connectivity index (χ1v) is 7.31. The van der Waals surface area contributed by atoms with Crippen LogP contribution in [0.4, 0.5) is 0 Å². The highest BCUT2D eigenvalue weighted by atomic mass is 79.9. The lowest BCUT2D eigenvalue weighted by Gasteiger charge is -2.25. The van der Waals surface area contributed by atoms with Crippen LogP contribution in [0.1, 0.15) is 29.5 Å². The second kappa shape index (κ2) is 5.92. The molecule has 1 atom stereocenters. The number of fused-ring (bicyclic) bond motifs is 1. The number of aryl methyl sites for hydroxylation is 1. The zero-order valence-electron chi connectivity index (χ0n) is 11.9. The third kappa shape index (κ3) is 2.76. The first-order valence-electron chi connectivity index (χ1n) is 6.52. The fraction of sp³-hybridized carbons (Fsp3) is 0.267. The van der Waals surface area contributed by atoms with Gasteiger partial charge in [-0.25, -0.2) is 0 Å². The van der Waals surface area contributed by atoms with Crippen LogP contribution in [0, 0.1) is 6.92 Å². The minimum Gasteiger partial charge on any atom is -0.506 e. The van der Waals surface area contributed by atoms with Gasteiger partial charge in [0.25, 0.3) is 5.91 Å². The molecule has 2 rings (SSSR count). The molecule has 1 aromatic carbocycles. The summed E-state index contributed by atoms with van der Waals surface area (Å²) in [4.78, 5) is 34.9. The summed E-state index contributed by atoms with van der Waals surface area (Å²) in [6.45, 7) is 2.78. The number of amides is 1. The Labute approximate surface area is 135 Å². The monoisotopic (exact) mass is 367 g/mol. The van der Waals surface area contributed by atoms with E-state index in [9.17, 15) is 19.5 Å². The molecule has 3 N–H and O–H groups in total. The molecule has 7 heteroatoms. The maximum absolute atomic E-state index is 12.4. The molecule has 0 aliphatic heterocycles. The number of benzene rings is 1. The van der Waals surface area contributed by atoms with E-state index >= 15 is 0 Å². The Bertz CT molecular complexity index is 723. The highest BCUT2D eigenvalue weighted by Crippen LogP contribution is 2.38. The number of carbonyl (C=O) groups is 3. The third-order valence-electron chi connectivity index (χ3n) is 3.54. The number of carboxylic acids is 1. The molecule has 0 heterocycles. The Hall–Kier alpha value is -2.15. The third-order valence-corrected chi connectivity index (χ3v) is 4.00. The van der Waals surface area contributed by atoms with E-state index in [4.69, 9.17) is 5.11 Å². The average Bonchev–Trinajstić information content (AvgIpc) is 2.42. The predicted molar refractivity (Wildman–Crippen MR) is 82.5 cm³/mol. The molecule has 1 aliphatic carbocycles. The Morgan fingerprint density at radius 2 is 2.00 bits per heavy atom. The number of aliphatic hydroxyl groups is 1.